The summed E-state index contributed by atoms with van der Waals surface area (Å²) < 4.78 is 4.51. The molecular weight excluding hydrogens is 194 g/mol. The van der Waals surface area contributed by atoms with Gasteiger partial charge in [-0.1, -0.05) is 12.7 Å². The minimum Gasteiger partial charge on any atom is -0.480 e. The van der Waals surface area contributed by atoms with Crippen LogP contribution in [0.25, 0.3) is 0 Å². The maximum Gasteiger partial charge on any atom is 0.408 e. The summed E-state index contributed by atoms with van der Waals surface area (Å²) in [6, 6.07) is -1.03. The first-order valence-electron chi connectivity index (χ1n) is 3.49. The molecule has 0 heterocycles. The molecule has 0 unspecified atom stereocenters. The zero-order chi connectivity index (χ0) is 10.3. The van der Waals surface area contributed by atoms with Crippen molar-refractivity contribution in [3.8, 4) is 0 Å². The fourth-order valence-corrected chi connectivity index (χ4v) is 0.751. The monoisotopic (exact) mass is 205 g/mol. The largest absolute Gasteiger partial charge is 0.480 e. The standard InChI is InChI=1S/C7H11NO4S/c1-2-3-12-7(11)8-5(4-13)6(9)10/h2,5,13H,1,3-4H2,(H,8,11)(H,9,10)/t5-/m0/s1. The van der Waals surface area contributed by atoms with Gasteiger partial charge in [0.05, 0.1) is 0 Å². The molecule has 0 aromatic carbocycles. The number of carbonyl (C=O) groups is 2. The van der Waals surface area contributed by atoms with E-state index >= 15 is 0 Å². The SMILES string of the molecule is C=CCOC(=O)N[C@@H](CS)C(=O)O. The molecule has 0 aromatic rings. The van der Waals surface area contributed by atoms with Gasteiger partial charge in [-0.3, -0.25) is 0 Å². The van der Waals surface area contributed by atoms with Crippen LogP contribution in [-0.2, 0) is 9.53 Å². The van der Waals surface area contributed by atoms with Crippen LogP contribution >= 0.6 is 12.6 Å². The van der Waals surface area contributed by atoms with Crippen LogP contribution in [-0.4, -0.2) is 35.6 Å². The van der Waals surface area contributed by atoms with E-state index < -0.39 is 18.1 Å². The molecule has 2 N–H and O–H groups in total. The predicted octanol–water partition coefficient (Wildman–Crippen LogP) is 0.282. The predicted molar refractivity (Wildman–Crippen MR) is 50.0 cm³/mol. The van der Waals surface area contributed by atoms with Gasteiger partial charge < -0.3 is 15.2 Å². The average molecular weight is 205 g/mol. The first-order valence-corrected chi connectivity index (χ1v) is 4.13. The van der Waals surface area contributed by atoms with Crippen molar-refractivity contribution in [3.05, 3.63) is 12.7 Å². The summed E-state index contributed by atoms with van der Waals surface area (Å²) in [5.41, 5.74) is 0. The number of thiol groups is 1. The number of hydrogen-bond acceptors (Lipinski definition) is 4. The Bertz CT molecular complexity index is 207. The number of ether oxygens (including phenoxy) is 1. The third-order valence-electron chi connectivity index (χ3n) is 1.11. The van der Waals surface area contributed by atoms with E-state index in [1.165, 1.54) is 6.08 Å². The Kier molecular flexibility index (Phi) is 5.79. The molecule has 0 fully saturated rings. The van der Waals surface area contributed by atoms with Crippen molar-refractivity contribution in [2.45, 2.75) is 6.04 Å². The molecule has 0 aromatic heterocycles. The second-order valence-electron chi connectivity index (χ2n) is 2.10. The van der Waals surface area contributed by atoms with Crippen LogP contribution in [0, 0.1) is 0 Å². The number of alkyl carbamates (subject to hydrolysis) is 1. The second-order valence-corrected chi connectivity index (χ2v) is 2.47. The van der Waals surface area contributed by atoms with Gasteiger partial charge in [0.15, 0.2) is 0 Å². The van der Waals surface area contributed by atoms with Gasteiger partial charge in [0, 0.05) is 5.75 Å². The summed E-state index contributed by atoms with van der Waals surface area (Å²) >= 11 is 3.75. The van der Waals surface area contributed by atoms with Gasteiger partial charge in [0.1, 0.15) is 12.6 Å². The molecular formula is C7H11NO4S. The lowest BCUT2D eigenvalue weighted by atomic mass is 10.3. The molecule has 5 nitrogen and oxygen atoms in total. The summed E-state index contributed by atoms with van der Waals surface area (Å²) in [5.74, 6) is -1.14. The van der Waals surface area contributed by atoms with Crippen LogP contribution in [0.1, 0.15) is 0 Å². The molecule has 0 saturated carbocycles. The number of hydrogen-bond donors (Lipinski definition) is 3. The topological polar surface area (TPSA) is 75.6 Å². The summed E-state index contributed by atoms with van der Waals surface area (Å²) in [5, 5.41) is 10.6. The van der Waals surface area contributed by atoms with Gasteiger partial charge in [-0.25, -0.2) is 9.59 Å². The number of carboxylic acid groups (broad SMARTS) is 1. The van der Waals surface area contributed by atoms with Crippen molar-refractivity contribution in [1.82, 2.24) is 5.32 Å². The molecule has 1 amide bonds. The highest BCUT2D eigenvalue weighted by atomic mass is 32.1. The molecule has 0 bridgehead atoms. The van der Waals surface area contributed by atoms with Crippen molar-refractivity contribution < 1.29 is 19.4 Å². The molecule has 1 atom stereocenters. The van der Waals surface area contributed by atoms with Gasteiger partial charge in [-0.15, -0.1) is 0 Å². The molecule has 74 valence electrons. The van der Waals surface area contributed by atoms with E-state index in [4.69, 9.17) is 5.11 Å². The van der Waals surface area contributed by atoms with Gasteiger partial charge in [0.2, 0.25) is 0 Å². The lowest BCUT2D eigenvalue weighted by molar-refractivity contribution is -0.138. The van der Waals surface area contributed by atoms with Crippen LogP contribution in [0.4, 0.5) is 4.79 Å². The van der Waals surface area contributed by atoms with Gasteiger partial charge in [0.25, 0.3) is 0 Å². The van der Waals surface area contributed by atoms with Crippen LogP contribution in [0.2, 0.25) is 0 Å². The van der Waals surface area contributed by atoms with Crippen molar-refractivity contribution in [1.29, 1.82) is 0 Å². The Morgan fingerprint density at radius 1 is 1.69 bits per heavy atom. The number of nitrogens with one attached hydrogen (secondary N) is 1. The molecule has 0 rings (SSSR count). The average Bonchev–Trinajstić information content (AvgIpc) is 2.10. The minimum absolute atomic E-state index is 0.0124. The van der Waals surface area contributed by atoms with Crippen LogP contribution in [0.3, 0.4) is 0 Å². The second kappa shape index (κ2) is 6.36. The maximum atomic E-state index is 10.8. The highest BCUT2D eigenvalue weighted by Gasteiger charge is 2.18. The fraction of sp³-hybridized carbons (Fsp3) is 0.429. The molecule has 0 radical (unpaired) electrons. The first-order chi connectivity index (χ1) is 6.11. The van der Waals surface area contributed by atoms with Crippen LogP contribution in [0.15, 0.2) is 12.7 Å². The van der Waals surface area contributed by atoms with E-state index in [-0.39, 0.29) is 12.4 Å². The highest BCUT2D eigenvalue weighted by molar-refractivity contribution is 7.80. The Balaban J connectivity index is 3.86. The number of aliphatic carboxylic acids is 1. The zero-order valence-electron chi connectivity index (χ0n) is 6.90. The van der Waals surface area contributed by atoms with Crippen molar-refractivity contribution >= 4 is 24.7 Å². The highest BCUT2D eigenvalue weighted by Crippen LogP contribution is 1.89. The number of rotatable bonds is 5. The Morgan fingerprint density at radius 3 is 2.69 bits per heavy atom. The van der Waals surface area contributed by atoms with Crippen molar-refractivity contribution in [2.24, 2.45) is 0 Å². The van der Waals surface area contributed by atoms with Gasteiger partial charge in [-0.2, -0.15) is 12.6 Å². The summed E-state index contributed by atoms with van der Waals surface area (Å²) in [4.78, 5) is 21.2. The minimum atomic E-state index is -1.15. The normalized spacial score (nSPS) is 11.5. The molecule has 0 aliphatic carbocycles. The number of carbonyl (C=O) groups excluding carboxylic acids is 1. The van der Waals surface area contributed by atoms with Crippen molar-refractivity contribution in [3.63, 3.8) is 0 Å². The lowest BCUT2D eigenvalue weighted by Gasteiger charge is -2.10. The summed E-state index contributed by atoms with van der Waals surface area (Å²) in [6.07, 6.45) is 0.595. The first kappa shape index (κ1) is 11.8. The smallest absolute Gasteiger partial charge is 0.408 e. The van der Waals surface area contributed by atoms with E-state index in [2.05, 4.69) is 29.3 Å². The van der Waals surface area contributed by atoms with Crippen LogP contribution in [0.5, 0.6) is 0 Å². The summed E-state index contributed by atoms with van der Waals surface area (Å²) in [6.45, 7) is 3.38. The van der Waals surface area contributed by atoms with Crippen molar-refractivity contribution in [2.75, 3.05) is 12.4 Å². The van der Waals surface area contributed by atoms with E-state index in [9.17, 15) is 9.59 Å². The van der Waals surface area contributed by atoms with Crippen LogP contribution < -0.4 is 5.32 Å². The zero-order valence-corrected chi connectivity index (χ0v) is 7.79. The van der Waals surface area contributed by atoms with Gasteiger partial charge >= 0.3 is 12.1 Å². The maximum absolute atomic E-state index is 10.8. The molecule has 13 heavy (non-hydrogen) atoms. The van der Waals surface area contributed by atoms with E-state index in [1.54, 1.807) is 0 Å². The van der Waals surface area contributed by atoms with Gasteiger partial charge in [-0.05, 0) is 0 Å². The Hall–Kier alpha value is -1.17. The number of carboxylic acids is 1. The summed E-state index contributed by atoms with van der Waals surface area (Å²) in [7, 11) is 0. The quantitative estimate of drug-likeness (QED) is 0.445. The molecule has 0 aliphatic rings. The molecule has 0 saturated heterocycles. The van der Waals surface area contributed by atoms with E-state index in [0.29, 0.717) is 0 Å². The van der Waals surface area contributed by atoms with E-state index in [1.807, 2.05) is 0 Å². The lowest BCUT2D eigenvalue weighted by Crippen LogP contribution is -2.42. The third kappa shape index (κ3) is 5.13. The molecule has 0 spiro atoms. The Morgan fingerprint density at radius 2 is 2.31 bits per heavy atom. The molecule has 6 heteroatoms. The third-order valence-corrected chi connectivity index (χ3v) is 1.47. The fourth-order valence-electron chi connectivity index (χ4n) is 0.504. The Labute approximate surface area is 81.2 Å². The number of amides is 1. The molecule has 0 aliphatic heterocycles. The van der Waals surface area contributed by atoms with E-state index in [0.717, 1.165) is 0 Å².